The molecule has 2 aromatic rings. The van der Waals surface area contributed by atoms with Crippen LogP contribution in [0.25, 0.3) is 0 Å². The molecule has 1 atom stereocenters. The molecule has 0 aromatic heterocycles. The summed E-state index contributed by atoms with van der Waals surface area (Å²) in [6.45, 7) is 4.92. The van der Waals surface area contributed by atoms with Crippen LogP contribution in [0.1, 0.15) is 35.6 Å². The molecular weight excluding hydrogens is 352 g/mol. The molecule has 23 heavy (non-hydrogen) atoms. The Morgan fingerprint density at radius 2 is 2.04 bits per heavy atom. The van der Waals surface area contributed by atoms with Crippen molar-refractivity contribution in [3.8, 4) is 0 Å². The van der Waals surface area contributed by atoms with E-state index in [0.717, 1.165) is 35.1 Å². The number of hydrogen-bond donors (Lipinski definition) is 1. The van der Waals surface area contributed by atoms with Gasteiger partial charge >= 0.3 is 6.03 Å². The summed E-state index contributed by atoms with van der Waals surface area (Å²) in [4.78, 5) is 14.6. The van der Waals surface area contributed by atoms with Crippen LogP contribution < -0.4 is 5.32 Å². The molecule has 1 saturated heterocycles. The molecule has 1 N–H and O–H groups in total. The van der Waals surface area contributed by atoms with Gasteiger partial charge in [0, 0.05) is 16.7 Å². The van der Waals surface area contributed by atoms with E-state index in [9.17, 15) is 4.79 Å². The standard InChI is InChI=1S/C19H21BrN2O/c1-13-5-3-6-15(11-13)18-7-4-10-22(18)19(23)21-16-8-9-17(20)14(2)12-16/h3,5-6,8-9,11-12,18H,4,7,10H2,1-2H3,(H,21,23)/t18-/m1/s1. The maximum Gasteiger partial charge on any atom is 0.322 e. The van der Waals surface area contributed by atoms with Crippen LogP contribution in [0.4, 0.5) is 10.5 Å². The molecule has 1 aliphatic rings. The summed E-state index contributed by atoms with van der Waals surface area (Å²) < 4.78 is 1.05. The fourth-order valence-electron chi connectivity index (χ4n) is 3.15. The third kappa shape index (κ3) is 3.58. The van der Waals surface area contributed by atoms with Crippen LogP contribution in [-0.4, -0.2) is 17.5 Å². The molecule has 0 radical (unpaired) electrons. The first kappa shape index (κ1) is 16.1. The summed E-state index contributed by atoms with van der Waals surface area (Å²) in [5.41, 5.74) is 4.41. The van der Waals surface area contributed by atoms with Gasteiger partial charge < -0.3 is 10.2 Å². The van der Waals surface area contributed by atoms with Crippen LogP contribution in [-0.2, 0) is 0 Å². The number of benzene rings is 2. The number of halogens is 1. The number of nitrogens with zero attached hydrogens (tertiary/aromatic N) is 1. The van der Waals surface area contributed by atoms with Gasteiger partial charge in [-0.25, -0.2) is 4.79 Å². The van der Waals surface area contributed by atoms with Crippen LogP contribution in [0.5, 0.6) is 0 Å². The Labute approximate surface area is 145 Å². The van der Waals surface area contributed by atoms with Crippen molar-refractivity contribution in [2.45, 2.75) is 32.7 Å². The Kier molecular flexibility index (Phi) is 4.71. The van der Waals surface area contributed by atoms with Crippen molar-refractivity contribution < 1.29 is 4.79 Å². The second-order valence-corrected chi connectivity index (χ2v) is 7.01. The molecule has 0 saturated carbocycles. The van der Waals surface area contributed by atoms with Gasteiger partial charge in [-0.2, -0.15) is 0 Å². The van der Waals surface area contributed by atoms with Crippen molar-refractivity contribution in [1.82, 2.24) is 4.90 Å². The van der Waals surface area contributed by atoms with Gasteiger partial charge in [0.25, 0.3) is 0 Å². The third-order valence-electron chi connectivity index (χ3n) is 4.35. The molecule has 1 aliphatic heterocycles. The number of carbonyl (C=O) groups excluding carboxylic acids is 1. The summed E-state index contributed by atoms with van der Waals surface area (Å²) in [5.74, 6) is 0. The fourth-order valence-corrected chi connectivity index (χ4v) is 3.40. The summed E-state index contributed by atoms with van der Waals surface area (Å²) in [6, 6.07) is 14.5. The first-order valence-corrected chi connectivity index (χ1v) is 8.74. The number of nitrogens with one attached hydrogen (secondary N) is 1. The minimum absolute atomic E-state index is 0.0178. The molecule has 0 unspecified atom stereocenters. The lowest BCUT2D eigenvalue weighted by atomic mass is 10.0. The van der Waals surface area contributed by atoms with E-state index in [4.69, 9.17) is 0 Å². The Balaban J connectivity index is 1.76. The molecule has 3 nitrogen and oxygen atoms in total. The number of rotatable bonds is 2. The smallest absolute Gasteiger partial charge is 0.317 e. The highest BCUT2D eigenvalue weighted by Crippen LogP contribution is 2.33. The Hall–Kier alpha value is -1.81. The summed E-state index contributed by atoms with van der Waals surface area (Å²) in [5, 5.41) is 3.03. The zero-order valence-corrected chi connectivity index (χ0v) is 15.1. The second-order valence-electron chi connectivity index (χ2n) is 6.16. The van der Waals surface area contributed by atoms with Crippen molar-refractivity contribution >= 4 is 27.6 Å². The first-order chi connectivity index (χ1) is 11.0. The molecule has 120 valence electrons. The molecule has 2 aromatic carbocycles. The third-order valence-corrected chi connectivity index (χ3v) is 5.24. The lowest BCUT2D eigenvalue weighted by molar-refractivity contribution is 0.207. The second kappa shape index (κ2) is 6.75. The molecule has 2 amide bonds. The monoisotopic (exact) mass is 372 g/mol. The van der Waals surface area contributed by atoms with E-state index in [0.29, 0.717) is 0 Å². The topological polar surface area (TPSA) is 32.3 Å². The van der Waals surface area contributed by atoms with Crippen molar-refractivity contribution in [3.05, 3.63) is 63.6 Å². The molecular formula is C19H21BrN2O. The number of aryl methyl sites for hydroxylation is 2. The van der Waals surface area contributed by atoms with Gasteiger partial charge in [-0.1, -0.05) is 45.8 Å². The Bertz CT molecular complexity index is 729. The van der Waals surface area contributed by atoms with Crippen molar-refractivity contribution in [2.24, 2.45) is 0 Å². The van der Waals surface area contributed by atoms with Crippen LogP contribution in [0.2, 0.25) is 0 Å². The average molecular weight is 373 g/mol. The number of hydrogen-bond acceptors (Lipinski definition) is 1. The quantitative estimate of drug-likeness (QED) is 0.748. The van der Waals surface area contributed by atoms with E-state index < -0.39 is 0 Å². The maximum atomic E-state index is 12.7. The van der Waals surface area contributed by atoms with E-state index in [2.05, 4.69) is 52.4 Å². The first-order valence-electron chi connectivity index (χ1n) is 7.95. The predicted molar refractivity (Wildman–Crippen MR) is 97.8 cm³/mol. The van der Waals surface area contributed by atoms with Gasteiger partial charge in [0.2, 0.25) is 0 Å². The highest BCUT2D eigenvalue weighted by molar-refractivity contribution is 9.10. The summed E-state index contributed by atoms with van der Waals surface area (Å²) >= 11 is 3.49. The SMILES string of the molecule is Cc1cccc([C@H]2CCCN2C(=O)Nc2ccc(Br)c(C)c2)c1. The van der Waals surface area contributed by atoms with E-state index in [1.807, 2.05) is 30.0 Å². The van der Waals surface area contributed by atoms with Gasteiger partial charge in [0.05, 0.1) is 6.04 Å². The molecule has 0 aliphatic carbocycles. The summed E-state index contributed by atoms with van der Waals surface area (Å²) in [6.07, 6.45) is 2.07. The van der Waals surface area contributed by atoms with Gasteiger partial charge in [0.15, 0.2) is 0 Å². The minimum atomic E-state index is -0.0178. The Morgan fingerprint density at radius 3 is 2.78 bits per heavy atom. The highest BCUT2D eigenvalue weighted by atomic mass is 79.9. The average Bonchev–Trinajstić information content (AvgIpc) is 3.00. The van der Waals surface area contributed by atoms with Crippen molar-refractivity contribution in [3.63, 3.8) is 0 Å². The van der Waals surface area contributed by atoms with E-state index >= 15 is 0 Å². The van der Waals surface area contributed by atoms with Crippen LogP contribution in [0.3, 0.4) is 0 Å². The Morgan fingerprint density at radius 1 is 1.22 bits per heavy atom. The van der Waals surface area contributed by atoms with Gasteiger partial charge in [-0.15, -0.1) is 0 Å². The lowest BCUT2D eigenvalue weighted by Gasteiger charge is -2.25. The van der Waals surface area contributed by atoms with Crippen LogP contribution in [0.15, 0.2) is 46.9 Å². The zero-order chi connectivity index (χ0) is 16.4. The predicted octanol–water partition coefficient (Wildman–Crippen LogP) is 5.43. The number of likely N-dealkylation sites (tertiary alicyclic amines) is 1. The maximum absolute atomic E-state index is 12.7. The van der Waals surface area contributed by atoms with Crippen molar-refractivity contribution in [2.75, 3.05) is 11.9 Å². The summed E-state index contributed by atoms with van der Waals surface area (Å²) in [7, 11) is 0. The zero-order valence-electron chi connectivity index (χ0n) is 13.5. The molecule has 1 fully saturated rings. The number of amides is 2. The van der Waals surface area contributed by atoms with E-state index in [1.165, 1.54) is 11.1 Å². The van der Waals surface area contributed by atoms with Crippen LogP contribution in [0, 0.1) is 13.8 Å². The van der Waals surface area contributed by atoms with E-state index in [1.54, 1.807) is 0 Å². The molecule has 1 heterocycles. The molecule has 0 bridgehead atoms. The molecule has 4 heteroatoms. The van der Waals surface area contributed by atoms with Crippen molar-refractivity contribution in [1.29, 1.82) is 0 Å². The fraction of sp³-hybridized carbons (Fsp3) is 0.316. The van der Waals surface area contributed by atoms with Crippen LogP contribution >= 0.6 is 15.9 Å². The van der Waals surface area contributed by atoms with Gasteiger partial charge in [-0.05, 0) is 56.0 Å². The molecule has 3 rings (SSSR count). The molecule has 0 spiro atoms. The lowest BCUT2D eigenvalue weighted by Crippen LogP contribution is -2.34. The number of carbonyl (C=O) groups is 1. The largest absolute Gasteiger partial charge is 0.322 e. The van der Waals surface area contributed by atoms with Gasteiger partial charge in [0.1, 0.15) is 0 Å². The van der Waals surface area contributed by atoms with Gasteiger partial charge in [-0.3, -0.25) is 0 Å². The van der Waals surface area contributed by atoms with E-state index in [-0.39, 0.29) is 12.1 Å². The highest BCUT2D eigenvalue weighted by Gasteiger charge is 2.30. The number of anilines is 1. The normalized spacial score (nSPS) is 17.3. The minimum Gasteiger partial charge on any atom is -0.317 e. The number of urea groups is 1.